The van der Waals surface area contributed by atoms with Crippen molar-refractivity contribution in [2.75, 3.05) is 0 Å². The van der Waals surface area contributed by atoms with E-state index in [0.29, 0.717) is 17.5 Å². The van der Waals surface area contributed by atoms with Crippen molar-refractivity contribution >= 4 is 21.9 Å². The zero-order valence-electron chi connectivity index (χ0n) is 29.7. The Hall–Kier alpha value is -7.50. The van der Waals surface area contributed by atoms with Crippen molar-refractivity contribution in [2.24, 2.45) is 0 Å². The molecule has 0 atom stereocenters. The lowest BCUT2D eigenvalue weighted by Gasteiger charge is -2.11. The Kier molecular flexibility index (Phi) is 8.08. The van der Waals surface area contributed by atoms with Crippen LogP contribution >= 0.6 is 0 Å². The number of para-hydroxylation sites is 1. The van der Waals surface area contributed by atoms with Crippen molar-refractivity contribution in [3.8, 4) is 79.0 Å². The average Bonchev–Trinajstić information content (AvgIpc) is 3.69. The van der Waals surface area contributed by atoms with Gasteiger partial charge in [0.15, 0.2) is 23.1 Å². The van der Waals surface area contributed by atoms with Gasteiger partial charge in [-0.15, -0.1) is 0 Å². The molecule has 0 saturated heterocycles. The van der Waals surface area contributed by atoms with Gasteiger partial charge < -0.3 is 4.42 Å². The summed E-state index contributed by atoms with van der Waals surface area (Å²) in [6.07, 6.45) is 0. The van der Waals surface area contributed by atoms with Gasteiger partial charge in [-0.1, -0.05) is 182 Å². The number of hydrogen-bond donors (Lipinski definition) is 0. The highest BCUT2D eigenvalue weighted by molar-refractivity contribution is 6.18. The van der Waals surface area contributed by atoms with Crippen LogP contribution in [-0.4, -0.2) is 19.9 Å². The van der Waals surface area contributed by atoms with Gasteiger partial charge in [0, 0.05) is 44.2 Å². The molecule has 5 nitrogen and oxygen atoms in total. The molecule has 258 valence electrons. The Morgan fingerprint density at radius 1 is 0.327 bits per heavy atom. The molecular formula is C50H32N4O. The quantitative estimate of drug-likeness (QED) is 0.165. The molecule has 10 rings (SSSR count). The number of hydrogen-bond acceptors (Lipinski definition) is 5. The molecule has 3 aromatic heterocycles. The number of pyridine rings is 1. The summed E-state index contributed by atoms with van der Waals surface area (Å²) < 4.78 is 6.97. The van der Waals surface area contributed by atoms with Crippen LogP contribution in [0.2, 0.25) is 0 Å². The van der Waals surface area contributed by atoms with Gasteiger partial charge in [-0.2, -0.15) is 0 Å². The number of aromatic nitrogens is 4. The zero-order chi connectivity index (χ0) is 36.6. The van der Waals surface area contributed by atoms with E-state index in [4.69, 9.17) is 24.4 Å². The first kappa shape index (κ1) is 32.2. The third-order valence-electron chi connectivity index (χ3n) is 9.94. The number of benzene rings is 7. The van der Waals surface area contributed by atoms with Gasteiger partial charge in [0.1, 0.15) is 11.5 Å². The lowest BCUT2D eigenvalue weighted by atomic mass is 9.95. The van der Waals surface area contributed by atoms with E-state index in [1.165, 1.54) is 0 Å². The van der Waals surface area contributed by atoms with Gasteiger partial charge in [-0.3, -0.25) is 0 Å². The van der Waals surface area contributed by atoms with E-state index in [-0.39, 0.29) is 0 Å². The molecule has 5 heteroatoms. The van der Waals surface area contributed by atoms with Crippen LogP contribution in [-0.2, 0) is 0 Å². The summed E-state index contributed by atoms with van der Waals surface area (Å²) in [5, 5.41) is 2.07. The van der Waals surface area contributed by atoms with Gasteiger partial charge >= 0.3 is 0 Å². The largest absolute Gasteiger partial charge is 0.453 e. The minimum absolute atomic E-state index is 0.573. The third-order valence-corrected chi connectivity index (χ3v) is 9.94. The van der Waals surface area contributed by atoms with E-state index in [2.05, 4.69) is 115 Å². The number of nitrogens with zero attached hydrogens (tertiary/aromatic N) is 4. The van der Waals surface area contributed by atoms with Crippen LogP contribution < -0.4 is 0 Å². The predicted octanol–water partition coefficient (Wildman–Crippen LogP) is 12.8. The average molecular weight is 705 g/mol. The molecule has 0 bridgehead atoms. The monoisotopic (exact) mass is 704 g/mol. The maximum Gasteiger partial charge on any atom is 0.164 e. The van der Waals surface area contributed by atoms with Crippen LogP contribution in [0.25, 0.3) is 101 Å². The molecule has 0 unspecified atom stereocenters. The highest BCUT2D eigenvalue weighted by atomic mass is 16.3. The minimum Gasteiger partial charge on any atom is -0.453 e. The standard InChI is InChI=1S/C50H32N4O/c1-5-16-33(17-6-1)34-28-30-38(31-29-34)49-52-48(37-22-11-4-12-23-37)53-50(54-49)40-25-15-24-39(32-40)45-47-44(41-26-13-14-27-42(41)51-45)43(35-18-7-2-8-19-35)46(55-47)36-20-9-3-10-21-36/h1-32H. The molecule has 10 aromatic rings. The van der Waals surface area contributed by atoms with Gasteiger partial charge in [0.25, 0.3) is 0 Å². The summed E-state index contributed by atoms with van der Waals surface area (Å²) >= 11 is 0. The number of rotatable bonds is 7. The van der Waals surface area contributed by atoms with Crippen LogP contribution in [0.15, 0.2) is 199 Å². The van der Waals surface area contributed by atoms with Crippen LogP contribution in [0.5, 0.6) is 0 Å². The molecule has 7 aromatic carbocycles. The topological polar surface area (TPSA) is 64.7 Å². The van der Waals surface area contributed by atoms with E-state index in [9.17, 15) is 0 Å². The molecule has 0 amide bonds. The smallest absolute Gasteiger partial charge is 0.164 e. The Bertz CT molecular complexity index is 2940. The third kappa shape index (κ3) is 6.04. The molecule has 0 aliphatic carbocycles. The van der Waals surface area contributed by atoms with E-state index >= 15 is 0 Å². The van der Waals surface area contributed by atoms with Crippen molar-refractivity contribution in [3.63, 3.8) is 0 Å². The molecular weight excluding hydrogens is 673 g/mol. The molecule has 0 saturated carbocycles. The fraction of sp³-hybridized carbons (Fsp3) is 0. The second-order valence-electron chi connectivity index (χ2n) is 13.4. The summed E-state index contributed by atoms with van der Waals surface area (Å²) in [5.74, 6) is 2.59. The normalized spacial score (nSPS) is 11.3. The van der Waals surface area contributed by atoms with Gasteiger partial charge in [0.05, 0.1) is 5.52 Å². The molecule has 0 aliphatic rings. The fourth-order valence-electron chi connectivity index (χ4n) is 7.28. The summed E-state index contributed by atoms with van der Waals surface area (Å²) in [7, 11) is 0. The lowest BCUT2D eigenvalue weighted by Crippen LogP contribution is -2.00. The SMILES string of the molecule is c1ccc(-c2ccc(-c3nc(-c4ccccc4)nc(-c4cccc(-c5nc6ccccc6c6c(-c7ccccc7)c(-c7ccccc7)oc56)c4)n3)cc2)cc1. The van der Waals surface area contributed by atoms with Crippen molar-refractivity contribution in [1.29, 1.82) is 0 Å². The van der Waals surface area contributed by atoms with Crippen molar-refractivity contribution in [1.82, 2.24) is 19.9 Å². The lowest BCUT2D eigenvalue weighted by molar-refractivity contribution is 0.632. The molecule has 0 radical (unpaired) electrons. The zero-order valence-corrected chi connectivity index (χ0v) is 29.7. The highest BCUT2D eigenvalue weighted by Gasteiger charge is 2.24. The molecule has 0 fully saturated rings. The van der Waals surface area contributed by atoms with E-state index in [1.54, 1.807) is 0 Å². The molecule has 55 heavy (non-hydrogen) atoms. The first-order chi connectivity index (χ1) is 27.3. The second kappa shape index (κ2) is 13.8. The van der Waals surface area contributed by atoms with Crippen LogP contribution in [0.1, 0.15) is 0 Å². The fourth-order valence-corrected chi connectivity index (χ4v) is 7.28. The van der Waals surface area contributed by atoms with Gasteiger partial charge in [0.2, 0.25) is 0 Å². The highest BCUT2D eigenvalue weighted by Crippen LogP contribution is 2.46. The predicted molar refractivity (Wildman–Crippen MR) is 223 cm³/mol. The molecule has 0 spiro atoms. The minimum atomic E-state index is 0.573. The van der Waals surface area contributed by atoms with E-state index in [0.717, 1.165) is 83.4 Å². The summed E-state index contributed by atoms with van der Waals surface area (Å²) in [6.45, 7) is 0. The Morgan fingerprint density at radius 2 is 0.782 bits per heavy atom. The number of furan rings is 1. The van der Waals surface area contributed by atoms with Crippen LogP contribution in [0.4, 0.5) is 0 Å². The summed E-state index contributed by atoms with van der Waals surface area (Å²) in [5.41, 5.74) is 11.4. The van der Waals surface area contributed by atoms with Crippen molar-refractivity contribution in [3.05, 3.63) is 194 Å². The first-order valence-corrected chi connectivity index (χ1v) is 18.3. The Balaban J connectivity index is 1.16. The van der Waals surface area contributed by atoms with Crippen LogP contribution in [0, 0.1) is 0 Å². The van der Waals surface area contributed by atoms with E-state index < -0.39 is 0 Å². The summed E-state index contributed by atoms with van der Waals surface area (Å²) in [6, 6.07) is 66.1. The van der Waals surface area contributed by atoms with Gasteiger partial charge in [-0.25, -0.2) is 19.9 Å². The molecule has 0 N–H and O–H groups in total. The number of fused-ring (bicyclic) bond motifs is 3. The maximum atomic E-state index is 6.97. The van der Waals surface area contributed by atoms with Crippen LogP contribution in [0.3, 0.4) is 0 Å². The van der Waals surface area contributed by atoms with Crippen molar-refractivity contribution in [2.45, 2.75) is 0 Å². The Morgan fingerprint density at radius 3 is 1.44 bits per heavy atom. The second-order valence-corrected chi connectivity index (χ2v) is 13.4. The maximum absolute atomic E-state index is 6.97. The van der Waals surface area contributed by atoms with Crippen molar-refractivity contribution < 1.29 is 4.42 Å². The van der Waals surface area contributed by atoms with E-state index in [1.807, 2.05) is 78.9 Å². The van der Waals surface area contributed by atoms with Gasteiger partial charge in [-0.05, 0) is 28.8 Å². The Labute approximate surface area is 318 Å². The molecule has 0 aliphatic heterocycles. The summed E-state index contributed by atoms with van der Waals surface area (Å²) in [4.78, 5) is 20.4. The first-order valence-electron chi connectivity index (χ1n) is 18.3. The molecule has 3 heterocycles.